The van der Waals surface area contributed by atoms with E-state index in [2.05, 4.69) is 37.0 Å². The second-order valence-corrected chi connectivity index (χ2v) is 16.0. The number of alkyl halides is 3. The first-order valence-electron chi connectivity index (χ1n) is 19.7. The van der Waals surface area contributed by atoms with Gasteiger partial charge >= 0.3 is 6.18 Å². The van der Waals surface area contributed by atoms with Crippen LogP contribution in [0.4, 0.5) is 13.2 Å². The summed E-state index contributed by atoms with van der Waals surface area (Å²) in [5.74, 6) is -6.20. The van der Waals surface area contributed by atoms with Crippen molar-refractivity contribution in [1.29, 1.82) is 0 Å². The van der Waals surface area contributed by atoms with Gasteiger partial charge in [0.15, 0.2) is 5.69 Å². The molecule has 1 aromatic heterocycles. The molecule has 0 bridgehead atoms. The van der Waals surface area contributed by atoms with Crippen LogP contribution in [-0.2, 0) is 48.4 Å². The summed E-state index contributed by atoms with van der Waals surface area (Å²) in [6.07, 6.45) is -5.08. The van der Waals surface area contributed by atoms with E-state index in [-0.39, 0.29) is 31.7 Å². The summed E-state index contributed by atoms with van der Waals surface area (Å²) >= 11 is 0. The van der Waals surface area contributed by atoms with Gasteiger partial charge in [0.1, 0.15) is 35.9 Å². The Morgan fingerprint density at radius 2 is 1.58 bits per heavy atom. The number of carbonyl (C=O) groups is 7. The number of benzene rings is 1. The predicted octanol–water partition coefficient (Wildman–Crippen LogP) is 0.0654. The Hall–Kier alpha value is -5.53. The standard InChI is InChI=1S/C39H52F3N9O8/c1-19(2)14-26-34(55)48-31(21(4)52)37(58)47-27(15-22-10-7-6-8-11-22)38(59)51-18-23(44-35(56)28-17-30(39(40,41)42)49-50(28)5)16-29(51)36(57)43-20(3)32(53)45-25-13-9-12-24(25)33(54)46-26/h6-8,10-11,17,19-21,23-27,29,31,52H,9,12-16,18H2,1-5H3,(H,43,57)(H,44,56)(H,45,53)(H,46,54)(H,47,58)(H,48,55)/t20-,21+,23+,24+,25+,26-,27-,29?,31-/m0/s1. The van der Waals surface area contributed by atoms with Crippen LogP contribution in [0.5, 0.6) is 0 Å². The quantitative estimate of drug-likeness (QED) is 0.200. The Morgan fingerprint density at radius 1 is 0.898 bits per heavy atom. The second-order valence-electron chi connectivity index (χ2n) is 16.0. The summed E-state index contributed by atoms with van der Waals surface area (Å²) in [5, 5.41) is 30.2. The normalized spacial score (nSPS) is 28.2. The van der Waals surface area contributed by atoms with Crippen molar-refractivity contribution in [3.8, 4) is 0 Å². The minimum Gasteiger partial charge on any atom is -0.391 e. The van der Waals surface area contributed by atoms with Gasteiger partial charge in [-0.05, 0) is 51.0 Å². The third kappa shape index (κ3) is 11.0. The van der Waals surface area contributed by atoms with Gasteiger partial charge < -0.3 is 41.9 Å². The van der Waals surface area contributed by atoms with E-state index in [4.69, 9.17) is 0 Å². The molecule has 17 nitrogen and oxygen atoms in total. The van der Waals surface area contributed by atoms with Crippen molar-refractivity contribution >= 4 is 41.4 Å². The summed E-state index contributed by atoms with van der Waals surface area (Å²) in [6, 6.07) is 0.766. The zero-order valence-corrected chi connectivity index (χ0v) is 33.5. The third-order valence-corrected chi connectivity index (χ3v) is 10.9. The largest absolute Gasteiger partial charge is 0.435 e. The van der Waals surface area contributed by atoms with Gasteiger partial charge in [-0.15, -0.1) is 0 Å². The molecule has 7 amide bonds. The Bertz CT molecular complexity index is 1910. The Morgan fingerprint density at radius 3 is 2.20 bits per heavy atom. The van der Waals surface area contributed by atoms with Crippen LogP contribution in [0.15, 0.2) is 36.4 Å². The fourth-order valence-electron chi connectivity index (χ4n) is 7.79. The van der Waals surface area contributed by atoms with Crippen LogP contribution in [0.2, 0.25) is 0 Å². The first-order valence-corrected chi connectivity index (χ1v) is 19.7. The molecule has 2 aromatic rings. The average Bonchev–Trinajstić information content (AvgIpc) is 3.91. The highest BCUT2D eigenvalue weighted by atomic mass is 19.4. The molecule has 20 heteroatoms. The van der Waals surface area contributed by atoms with Gasteiger partial charge in [-0.1, -0.05) is 50.6 Å². The van der Waals surface area contributed by atoms with Crippen molar-refractivity contribution in [3.05, 3.63) is 53.3 Å². The van der Waals surface area contributed by atoms with Crippen molar-refractivity contribution in [2.24, 2.45) is 18.9 Å². The molecule has 1 unspecified atom stereocenters. The molecule has 322 valence electrons. The topological polar surface area (TPSA) is 233 Å². The molecule has 3 heterocycles. The highest BCUT2D eigenvalue weighted by Crippen LogP contribution is 2.29. The Kier molecular flexibility index (Phi) is 14.0. The number of aliphatic hydroxyl groups excluding tert-OH is 1. The number of hydrogen-bond donors (Lipinski definition) is 7. The van der Waals surface area contributed by atoms with Crippen molar-refractivity contribution in [3.63, 3.8) is 0 Å². The zero-order chi connectivity index (χ0) is 43.3. The van der Waals surface area contributed by atoms with E-state index in [1.807, 2.05) is 13.8 Å². The second kappa shape index (κ2) is 18.6. The molecule has 0 radical (unpaired) electrons. The van der Waals surface area contributed by atoms with Gasteiger partial charge in [0.2, 0.25) is 35.4 Å². The molecular formula is C39H52F3N9O8. The maximum atomic E-state index is 14.7. The summed E-state index contributed by atoms with van der Waals surface area (Å²) in [5.41, 5.74) is -1.15. The summed E-state index contributed by atoms with van der Waals surface area (Å²) in [7, 11) is 1.16. The van der Waals surface area contributed by atoms with E-state index >= 15 is 0 Å². The van der Waals surface area contributed by atoms with Gasteiger partial charge in [-0.2, -0.15) is 18.3 Å². The van der Waals surface area contributed by atoms with Crippen LogP contribution in [0.25, 0.3) is 0 Å². The molecule has 0 spiro atoms. The number of fused-ring (bicyclic) bond motifs is 2. The summed E-state index contributed by atoms with van der Waals surface area (Å²) in [6.45, 7) is 6.03. The minimum absolute atomic E-state index is 0.0913. The maximum Gasteiger partial charge on any atom is 0.435 e. The fourth-order valence-corrected chi connectivity index (χ4v) is 7.79. The first-order chi connectivity index (χ1) is 27.7. The third-order valence-electron chi connectivity index (χ3n) is 10.9. The monoisotopic (exact) mass is 831 g/mol. The average molecular weight is 832 g/mol. The van der Waals surface area contributed by atoms with Crippen LogP contribution in [0, 0.1) is 11.8 Å². The van der Waals surface area contributed by atoms with Crippen LogP contribution in [0.1, 0.15) is 81.5 Å². The van der Waals surface area contributed by atoms with Gasteiger partial charge in [-0.3, -0.25) is 38.2 Å². The molecule has 7 N–H and O–H groups in total. The van der Waals surface area contributed by atoms with E-state index < -0.39 is 113 Å². The number of hydrogen-bond acceptors (Lipinski definition) is 9. The van der Waals surface area contributed by atoms with Gasteiger partial charge in [0.05, 0.1) is 12.0 Å². The Balaban J connectivity index is 1.52. The summed E-state index contributed by atoms with van der Waals surface area (Å²) < 4.78 is 40.9. The number of nitrogens with zero attached hydrogens (tertiary/aromatic N) is 3. The van der Waals surface area contributed by atoms with Gasteiger partial charge in [0, 0.05) is 38.2 Å². The zero-order valence-electron chi connectivity index (χ0n) is 33.5. The number of aromatic nitrogens is 2. The molecular weight excluding hydrogens is 779 g/mol. The lowest BCUT2D eigenvalue weighted by Gasteiger charge is -2.31. The van der Waals surface area contributed by atoms with E-state index in [0.29, 0.717) is 30.9 Å². The molecule has 3 aliphatic rings. The highest BCUT2D eigenvalue weighted by Gasteiger charge is 2.45. The van der Waals surface area contributed by atoms with Crippen LogP contribution in [0.3, 0.4) is 0 Å². The van der Waals surface area contributed by atoms with E-state index in [9.17, 15) is 51.8 Å². The number of aryl methyl sites for hydroxylation is 1. The molecule has 1 aliphatic carbocycles. The highest BCUT2D eigenvalue weighted by molar-refractivity contribution is 5.98. The lowest BCUT2D eigenvalue weighted by atomic mass is 9.98. The SMILES string of the molecule is CC(C)C[C@@H]1NC(=O)[C@@H]2CCC[C@H]2NC(=O)[C@H](C)NC(=O)C2C[C@@H](NC(=O)c3cc(C(F)(F)F)nn3C)CN2C(=O)[C@H](Cc2ccccc2)NC(=O)[C@H]([C@@H](C)O)NC1=O. The number of amides is 7. The number of aliphatic hydroxyl groups is 1. The van der Waals surface area contributed by atoms with Gasteiger partial charge in [-0.25, -0.2) is 0 Å². The smallest absolute Gasteiger partial charge is 0.391 e. The number of rotatable bonds is 7. The molecule has 2 aliphatic heterocycles. The van der Waals surface area contributed by atoms with E-state index in [1.54, 1.807) is 30.3 Å². The van der Waals surface area contributed by atoms with E-state index in [1.165, 1.54) is 13.8 Å². The van der Waals surface area contributed by atoms with Gasteiger partial charge in [0.25, 0.3) is 5.91 Å². The lowest BCUT2D eigenvalue weighted by Crippen LogP contribution is -2.61. The Labute approximate surface area is 339 Å². The molecule has 3 fully saturated rings. The van der Waals surface area contributed by atoms with Crippen molar-refractivity contribution < 1.29 is 51.8 Å². The predicted molar refractivity (Wildman–Crippen MR) is 204 cm³/mol. The van der Waals surface area contributed by atoms with Crippen molar-refractivity contribution in [2.45, 2.75) is 121 Å². The number of carbonyl (C=O) groups excluding carboxylic acids is 7. The van der Waals surface area contributed by atoms with Crippen LogP contribution in [-0.4, -0.2) is 116 Å². The van der Waals surface area contributed by atoms with Crippen molar-refractivity contribution in [1.82, 2.24) is 46.6 Å². The molecule has 2 saturated heterocycles. The number of nitrogens with one attached hydrogen (secondary N) is 6. The summed E-state index contributed by atoms with van der Waals surface area (Å²) in [4.78, 5) is 98.1. The first kappa shape index (κ1) is 44.6. The fraction of sp³-hybridized carbons (Fsp3) is 0.590. The molecule has 1 aromatic carbocycles. The molecule has 9 atom stereocenters. The molecule has 5 rings (SSSR count). The number of halogens is 3. The molecule has 1 saturated carbocycles. The minimum atomic E-state index is -4.83. The lowest BCUT2D eigenvalue weighted by molar-refractivity contribution is -0.143. The van der Waals surface area contributed by atoms with Crippen LogP contribution < -0.4 is 31.9 Å². The maximum absolute atomic E-state index is 14.7. The van der Waals surface area contributed by atoms with Crippen molar-refractivity contribution in [2.75, 3.05) is 6.54 Å². The van der Waals surface area contributed by atoms with E-state index in [0.717, 1.165) is 16.6 Å². The molecule has 59 heavy (non-hydrogen) atoms. The van der Waals surface area contributed by atoms with Crippen LogP contribution >= 0.6 is 0 Å².